The number of nitrogens with zero attached hydrogens (tertiary/aromatic N) is 6. The maximum Gasteiger partial charge on any atom is 0.272 e. The molecular weight excluding hydrogens is 340 g/mol. The van der Waals surface area contributed by atoms with Crippen LogP contribution in [0.3, 0.4) is 0 Å². The standard InChI is InChI=1S/C20H22N6O/c1-15-4-5-16(2)17(12-15)26-14-21-13-18(26)19(27)24-8-10-25(11-9-24)20-22-6-3-7-23-20/h3-7,12-14H,8-11H2,1-2H3. The van der Waals surface area contributed by atoms with Crippen LogP contribution in [0.15, 0.2) is 49.2 Å². The number of hydrogen-bond acceptors (Lipinski definition) is 5. The van der Waals surface area contributed by atoms with Crippen molar-refractivity contribution in [3.8, 4) is 5.69 Å². The molecule has 2 aromatic heterocycles. The van der Waals surface area contributed by atoms with Crippen LogP contribution in [0.5, 0.6) is 0 Å². The lowest BCUT2D eigenvalue weighted by Crippen LogP contribution is -2.49. The SMILES string of the molecule is Cc1ccc(C)c(-n2cncc2C(=O)N2CCN(c3ncccn3)CC2)c1. The number of hydrogen-bond donors (Lipinski definition) is 0. The number of carbonyl (C=O) groups excluding carboxylic acids is 1. The summed E-state index contributed by atoms with van der Waals surface area (Å²) in [7, 11) is 0. The Kier molecular flexibility index (Phi) is 4.58. The number of rotatable bonds is 3. The molecule has 0 saturated carbocycles. The van der Waals surface area contributed by atoms with Crippen molar-refractivity contribution >= 4 is 11.9 Å². The van der Waals surface area contributed by atoms with Crippen molar-refractivity contribution in [1.29, 1.82) is 0 Å². The Bertz CT molecular complexity index is 944. The van der Waals surface area contributed by atoms with Crippen LogP contribution in [-0.2, 0) is 0 Å². The minimum Gasteiger partial charge on any atom is -0.337 e. The van der Waals surface area contributed by atoms with E-state index in [0.717, 1.165) is 16.8 Å². The largest absolute Gasteiger partial charge is 0.337 e. The highest BCUT2D eigenvalue weighted by molar-refractivity contribution is 5.93. The van der Waals surface area contributed by atoms with Crippen molar-refractivity contribution in [3.63, 3.8) is 0 Å². The second-order valence-electron chi connectivity index (χ2n) is 6.77. The fourth-order valence-corrected chi connectivity index (χ4v) is 3.35. The maximum absolute atomic E-state index is 13.1. The molecule has 1 aromatic carbocycles. The molecule has 1 aliphatic rings. The molecule has 0 bridgehead atoms. The van der Waals surface area contributed by atoms with Crippen molar-refractivity contribution in [2.45, 2.75) is 13.8 Å². The molecule has 1 fully saturated rings. The van der Waals surface area contributed by atoms with Crippen LogP contribution in [0.25, 0.3) is 5.69 Å². The van der Waals surface area contributed by atoms with Crippen LogP contribution in [0.1, 0.15) is 21.6 Å². The number of piperazine rings is 1. The van der Waals surface area contributed by atoms with E-state index < -0.39 is 0 Å². The van der Waals surface area contributed by atoms with Gasteiger partial charge in [-0.05, 0) is 37.1 Å². The van der Waals surface area contributed by atoms with Gasteiger partial charge in [-0.3, -0.25) is 9.36 Å². The lowest BCUT2D eigenvalue weighted by atomic mass is 10.1. The van der Waals surface area contributed by atoms with E-state index in [1.54, 1.807) is 31.0 Å². The fraction of sp³-hybridized carbons (Fsp3) is 0.300. The van der Waals surface area contributed by atoms with Gasteiger partial charge in [-0.15, -0.1) is 0 Å². The van der Waals surface area contributed by atoms with Gasteiger partial charge in [-0.2, -0.15) is 0 Å². The predicted molar refractivity (Wildman–Crippen MR) is 103 cm³/mol. The summed E-state index contributed by atoms with van der Waals surface area (Å²) < 4.78 is 1.89. The van der Waals surface area contributed by atoms with Gasteiger partial charge in [-0.1, -0.05) is 12.1 Å². The van der Waals surface area contributed by atoms with E-state index in [4.69, 9.17) is 0 Å². The molecule has 3 aromatic rings. The smallest absolute Gasteiger partial charge is 0.272 e. The molecule has 1 saturated heterocycles. The van der Waals surface area contributed by atoms with E-state index in [2.05, 4.69) is 38.1 Å². The molecule has 1 aliphatic heterocycles. The molecule has 0 radical (unpaired) electrons. The Morgan fingerprint density at radius 2 is 1.78 bits per heavy atom. The van der Waals surface area contributed by atoms with Crippen LogP contribution < -0.4 is 4.90 Å². The number of benzene rings is 1. The summed E-state index contributed by atoms with van der Waals surface area (Å²) >= 11 is 0. The quantitative estimate of drug-likeness (QED) is 0.715. The molecule has 0 unspecified atom stereocenters. The summed E-state index contributed by atoms with van der Waals surface area (Å²) in [4.78, 5) is 29.9. The van der Waals surface area contributed by atoms with Crippen LogP contribution >= 0.6 is 0 Å². The molecule has 0 spiro atoms. The Morgan fingerprint density at radius 1 is 1.04 bits per heavy atom. The first-order valence-electron chi connectivity index (χ1n) is 9.05. The van der Waals surface area contributed by atoms with Gasteiger partial charge in [0.05, 0.1) is 18.2 Å². The summed E-state index contributed by atoms with van der Waals surface area (Å²) in [5.41, 5.74) is 3.85. The van der Waals surface area contributed by atoms with Gasteiger partial charge in [0, 0.05) is 38.6 Å². The molecule has 0 atom stereocenters. The number of carbonyl (C=O) groups is 1. The van der Waals surface area contributed by atoms with Crippen LogP contribution in [0.4, 0.5) is 5.95 Å². The summed E-state index contributed by atoms with van der Waals surface area (Å²) in [5.74, 6) is 0.715. The van der Waals surface area contributed by atoms with Gasteiger partial charge in [0.25, 0.3) is 5.91 Å². The van der Waals surface area contributed by atoms with Gasteiger partial charge in [-0.25, -0.2) is 15.0 Å². The van der Waals surface area contributed by atoms with Crippen LogP contribution in [0, 0.1) is 13.8 Å². The van der Waals surface area contributed by atoms with Crippen molar-refractivity contribution < 1.29 is 4.79 Å². The number of imidazole rings is 1. The van der Waals surface area contributed by atoms with Gasteiger partial charge < -0.3 is 9.80 Å². The van der Waals surface area contributed by atoms with Gasteiger partial charge in [0.2, 0.25) is 5.95 Å². The van der Waals surface area contributed by atoms with Crippen molar-refractivity contribution in [2.75, 3.05) is 31.1 Å². The van der Waals surface area contributed by atoms with E-state index in [0.29, 0.717) is 37.8 Å². The molecule has 4 rings (SSSR count). The van der Waals surface area contributed by atoms with E-state index in [1.165, 1.54) is 0 Å². The average molecular weight is 362 g/mol. The molecular formula is C20H22N6O. The average Bonchev–Trinajstić information content (AvgIpc) is 3.19. The normalized spacial score (nSPS) is 14.4. The van der Waals surface area contributed by atoms with E-state index in [-0.39, 0.29) is 5.91 Å². The molecule has 0 N–H and O–H groups in total. The Morgan fingerprint density at radius 3 is 2.52 bits per heavy atom. The number of aromatic nitrogens is 4. The third-order valence-corrected chi connectivity index (χ3v) is 4.88. The monoisotopic (exact) mass is 362 g/mol. The summed E-state index contributed by atoms with van der Waals surface area (Å²) in [5, 5.41) is 0. The molecule has 1 amide bonds. The van der Waals surface area contributed by atoms with Gasteiger partial charge in [0.1, 0.15) is 5.69 Å². The van der Waals surface area contributed by atoms with Crippen molar-refractivity contribution in [1.82, 2.24) is 24.4 Å². The zero-order valence-electron chi connectivity index (χ0n) is 15.5. The fourth-order valence-electron chi connectivity index (χ4n) is 3.35. The lowest BCUT2D eigenvalue weighted by molar-refractivity contribution is 0.0738. The molecule has 7 nitrogen and oxygen atoms in total. The highest BCUT2D eigenvalue weighted by Crippen LogP contribution is 2.20. The van der Waals surface area contributed by atoms with E-state index in [1.807, 2.05) is 23.3 Å². The first kappa shape index (κ1) is 17.2. The zero-order valence-corrected chi connectivity index (χ0v) is 15.5. The van der Waals surface area contributed by atoms with Crippen LogP contribution in [-0.4, -0.2) is 56.5 Å². The third kappa shape index (κ3) is 3.40. The summed E-state index contributed by atoms with van der Waals surface area (Å²) in [6.45, 7) is 6.79. The van der Waals surface area contributed by atoms with Crippen molar-refractivity contribution in [3.05, 3.63) is 66.0 Å². The molecule has 27 heavy (non-hydrogen) atoms. The first-order chi connectivity index (χ1) is 13.1. The van der Waals surface area contributed by atoms with Gasteiger partial charge in [0.15, 0.2) is 0 Å². The second-order valence-corrected chi connectivity index (χ2v) is 6.77. The summed E-state index contributed by atoms with van der Waals surface area (Å²) in [6.07, 6.45) is 6.84. The van der Waals surface area contributed by atoms with E-state index in [9.17, 15) is 4.79 Å². The maximum atomic E-state index is 13.1. The second kappa shape index (κ2) is 7.19. The number of aryl methyl sites for hydroxylation is 2. The molecule has 7 heteroatoms. The number of amides is 1. The number of anilines is 1. The molecule has 0 aliphatic carbocycles. The highest BCUT2D eigenvalue weighted by atomic mass is 16.2. The van der Waals surface area contributed by atoms with E-state index >= 15 is 0 Å². The van der Waals surface area contributed by atoms with Crippen molar-refractivity contribution in [2.24, 2.45) is 0 Å². The lowest BCUT2D eigenvalue weighted by Gasteiger charge is -2.34. The third-order valence-electron chi connectivity index (χ3n) is 4.88. The minimum absolute atomic E-state index is 0.00189. The zero-order chi connectivity index (χ0) is 18.8. The Labute approximate surface area is 158 Å². The predicted octanol–water partition coefficient (Wildman–Crippen LogP) is 2.24. The Hall–Kier alpha value is -3.22. The summed E-state index contributed by atoms with van der Waals surface area (Å²) in [6, 6.07) is 8.02. The molecule has 3 heterocycles. The minimum atomic E-state index is 0.00189. The Balaban J connectivity index is 1.52. The van der Waals surface area contributed by atoms with Crippen LogP contribution in [0.2, 0.25) is 0 Å². The van der Waals surface area contributed by atoms with Gasteiger partial charge >= 0.3 is 0 Å². The topological polar surface area (TPSA) is 67.2 Å². The molecule has 138 valence electrons. The highest BCUT2D eigenvalue weighted by Gasteiger charge is 2.25. The first-order valence-corrected chi connectivity index (χ1v) is 9.05.